The van der Waals surface area contributed by atoms with Crippen molar-refractivity contribution < 1.29 is 31.9 Å². The van der Waals surface area contributed by atoms with E-state index in [2.05, 4.69) is 5.32 Å². The number of amides is 1. The molecule has 2 aromatic rings. The lowest BCUT2D eigenvalue weighted by Crippen LogP contribution is -2.40. The fourth-order valence-corrected chi connectivity index (χ4v) is 4.48. The van der Waals surface area contributed by atoms with Crippen LogP contribution in [0, 0.1) is 13.8 Å². The summed E-state index contributed by atoms with van der Waals surface area (Å²) in [5.74, 6) is -0.279. The Kier molecular flexibility index (Phi) is 6.59. The van der Waals surface area contributed by atoms with Gasteiger partial charge >= 0.3 is 5.97 Å². The van der Waals surface area contributed by atoms with Crippen LogP contribution in [0.25, 0.3) is 0 Å². The molecule has 2 heterocycles. The van der Waals surface area contributed by atoms with Crippen LogP contribution < -0.4 is 5.32 Å². The highest BCUT2D eigenvalue weighted by Gasteiger charge is 2.27. The Morgan fingerprint density at radius 3 is 2.50 bits per heavy atom. The Morgan fingerprint density at radius 1 is 1.17 bits per heavy atom. The fourth-order valence-electron chi connectivity index (χ4n) is 3.03. The Bertz CT molecular complexity index is 1040. The molecule has 3 rings (SSSR count). The summed E-state index contributed by atoms with van der Waals surface area (Å²) in [4.78, 5) is 24.8. The minimum atomic E-state index is -3.69. The van der Waals surface area contributed by atoms with Crippen LogP contribution in [0.3, 0.4) is 0 Å². The number of benzene rings is 1. The molecule has 1 amide bonds. The lowest BCUT2D eigenvalue weighted by molar-refractivity contribution is -0.123. The minimum absolute atomic E-state index is 0.0661. The zero-order valence-electron chi connectivity index (χ0n) is 17.0. The molecule has 1 aromatic heterocycles. The van der Waals surface area contributed by atoms with Gasteiger partial charge in [0.2, 0.25) is 10.0 Å². The summed E-state index contributed by atoms with van der Waals surface area (Å²) in [6.45, 7) is 6.01. The van der Waals surface area contributed by atoms with Crippen molar-refractivity contribution in [3.63, 3.8) is 0 Å². The maximum absolute atomic E-state index is 12.8. The molecule has 1 fully saturated rings. The third-order valence-electron chi connectivity index (χ3n) is 4.62. The average molecular weight is 436 g/mol. The molecule has 1 aliphatic rings. The Morgan fingerprint density at radius 2 is 1.87 bits per heavy atom. The maximum atomic E-state index is 12.8. The molecular formula is C20H24N2O7S. The van der Waals surface area contributed by atoms with Gasteiger partial charge in [0, 0.05) is 18.8 Å². The van der Waals surface area contributed by atoms with E-state index in [1.807, 2.05) is 0 Å². The summed E-state index contributed by atoms with van der Waals surface area (Å²) in [7, 11) is -3.69. The van der Waals surface area contributed by atoms with Gasteiger partial charge in [-0.1, -0.05) is 6.07 Å². The number of esters is 1. The molecule has 0 aliphatic carbocycles. The molecular weight excluding hydrogens is 412 g/mol. The highest BCUT2D eigenvalue weighted by molar-refractivity contribution is 7.89. The molecule has 0 bridgehead atoms. The number of anilines is 1. The molecule has 1 N–H and O–H groups in total. The van der Waals surface area contributed by atoms with E-state index < -0.39 is 28.0 Å². The number of sulfonamides is 1. The average Bonchev–Trinajstić information content (AvgIpc) is 3.07. The molecule has 9 nitrogen and oxygen atoms in total. The summed E-state index contributed by atoms with van der Waals surface area (Å²) in [5.41, 5.74) is 0.540. The molecule has 1 aromatic carbocycles. The van der Waals surface area contributed by atoms with Gasteiger partial charge in [-0.15, -0.1) is 0 Å². The molecule has 1 aliphatic heterocycles. The number of carbonyl (C=O) groups excluding carboxylic acids is 2. The van der Waals surface area contributed by atoms with Crippen LogP contribution in [0.5, 0.6) is 0 Å². The van der Waals surface area contributed by atoms with Gasteiger partial charge in [0.05, 0.1) is 18.1 Å². The molecule has 162 valence electrons. The largest absolute Gasteiger partial charge is 0.466 e. The van der Waals surface area contributed by atoms with Gasteiger partial charge in [-0.3, -0.25) is 4.79 Å². The van der Waals surface area contributed by atoms with Crippen molar-refractivity contribution in [2.75, 3.05) is 31.6 Å². The Labute approximate surface area is 175 Å². The third-order valence-corrected chi connectivity index (χ3v) is 6.52. The molecule has 1 saturated heterocycles. The first-order valence-corrected chi connectivity index (χ1v) is 10.9. The van der Waals surface area contributed by atoms with Crippen molar-refractivity contribution >= 4 is 27.6 Å². The predicted molar refractivity (Wildman–Crippen MR) is 108 cm³/mol. The maximum Gasteiger partial charge on any atom is 0.342 e. The number of ether oxygens (including phenoxy) is 2. The van der Waals surface area contributed by atoms with E-state index in [0.29, 0.717) is 24.7 Å². The topological polar surface area (TPSA) is 115 Å². The van der Waals surface area contributed by atoms with Crippen LogP contribution in [0.1, 0.15) is 28.8 Å². The van der Waals surface area contributed by atoms with Gasteiger partial charge in [0.15, 0.2) is 6.10 Å². The van der Waals surface area contributed by atoms with Gasteiger partial charge in [-0.05, 0) is 45.0 Å². The lowest BCUT2D eigenvalue weighted by atomic mass is 10.2. The summed E-state index contributed by atoms with van der Waals surface area (Å²) in [6, 6.07) is 7.49. The van der Waals surface area contributed by atoms with E-state index in [1.54, 1.807) is 26.0 Å². The fraction of sp³-hybridized carbons (Fsp3) is 0.400. The van der Waals surface area contributed by atoms with E-state index in [1.165, 1.54) is 29.4 Å². The monoisotopic (exact) mass is 436 g/mol. The summed E-state index contributed by atoms with van der Waals surface area (Å²) in [6.07, 6.45) is -1.09. The highest BCUT2D eigenvalue weighted by atomic mass is 32.2. The molecule has 0 spiro atoms. The normalized spacial score (nSPS) is 16.1. The van der Waals surface area contributed by atoms with E-state index in [0.717, 1.165) is 0 Å². The van der Waals surface area contributed by atoms with Crippen LogP contribution >= 0.6 is 0 Å². The van der Waals surface area contributed by atoms with Crippen molar-refractivity contribution in [3.05, 3.63) is 47.4 Å². The smallest absolute Gasteiger partial charge is 0.342 e. The van der Waals surface area contributed by atoms with Crippen LogP contribution in [0.2, 0.25) is 0 Å². The highest BCUT2D eigenvalue weighted by Crippen LogP contribution is 2.21. The number of rotatable bonds is 6. The predicted octanol–water partition coefficient (Wildman–Crippen LogP) is 2.10. The number of hydrogen-bond acceptors (Lipinski definition) is 7. The van der Waals surface area contributed by atoms with Crippen LogP contribution in [-0.2, 0) is 24.3 Å². The quantitative estimate of drug-likeness (QED) is 0.690. The number of carbonyl (C=O) groups is 2. The second kappa shape index (κ2) is 8.99. The van der Waals surface area contributed by atoms with Gasteiger partial charge in [-0.25, -0.2) is 13.2 Å². The summed E-state index contributed by atoms with van der Waals surface area (Å²) < 4.78 is 42.6. The number of aryl methyl sites for hydroxylation is 2. The van der Waals surface area contributed by atoms with E-state index in [9.17, 15) is 18.0 Å². The van der Waals surface area contributed by atoms with E-state index >= 15 is 0 Å². The van der Waals surface area contributed by atoms with Crippen LogP contribution in [0.15, 0.2) is 39.6 Å². The first kappa shape index (κ1) is 22.0. The summed E-state index contributed by atoms with van der Waals surface area (Å²) >= 11 is 0. The lowest BCUT2D eigenvalue weighted by Gasteiger charge is -2.26. The second-order valence-electron chi connectivity index (χ2n) is 6.91. The first-order valence-electron chi connectivity index (χ1n) is 9.45. The van der Waals surface area contributed by atoms with Crippen molar-refractivity contribution in [2.45, 2.75) is 31.8 Å². The molecule has 10 heteroatoms. The zero-order valence-corrected chi connectivity index (χ0v) is 17.8. The third kappa shape index (κ3) is 4.89. The first-order chi connectivity index (χ1) is 14.2. The SMILES string of the molecule is Cc1cc(C(=O)O[C@H](C)C(=O)Nc2cccc(S(=O)(=O)N3CCOCC3)c2)c(C)o1. The summed E-state index contributed by atoms with van der Waals surface area (Å²) in [5, 5.41) is 2.59. The van der Waals surface area contributed by atoms with Crippen molar-refractivity contribution in [1.82, 2.24) is 4.31 Å². The van der Waals surface area contributed by atoms with Crippen molar-refractivity contribution in [3.8, 4) is 0 Å². The van der Waals surface area contributed by atoms with Gasteiger partial charge in [0.25, 0.3) is 5.91 Å². The molecule has 30 heavy (non-hydrogen) atoms. The van der Waals surface area contributed by atoms with Crippen LogP contribution in [0.4, 0.5) is 5.69 Å². The van der Waals surface area contributed by atoms with Gasteiger partial charge < -0.3 is 19.2 Å². The second-order valence-corrected chi connectivity index (χ2v) is 8.85. The number of nitrogens with zero attached hydrogens (tertiary/aromatic N) is 1. The van der Waals surface area contributed by atoms with Crippen molar-refractivity contribution in [2.24, 2.45) is 0 Å². The molecule has 1 atom stereocenters. The minimum Gasteiger partial charge on any atom is -0.466 e. The Balaban J connectivity index is 1.67. The number of hydrogen-bond donors (Lipinski definition) is 1. The Hall–Kier alpha value is -2.69. The molecule has 0 saturated carbocycles. The van der Waals surface area contributed by atoms with Gasteiger partial charge in [0.1, 0.15) is 17.1 Å². The zero-order chi connectivity index (χ0) is 21.9. The standard InChI is InChI=1S/C20H24N2O7S/c1-13-11-18(14(2)28-13)20(24)29-15(3)19(23)21-16-5-4-6-17(12-16)30(25,26)22-7-9-27-10-8-22/h4-6,11-12,15H,7-10H2,1-3H3,(H,21,23)/t15-/m1/s1. The number of morpholine rings is 1. The van der Waals surface area contributed by atoms with Gasteiger partial charge in [-0.2, -0.15) is 4.31 Å². The van der Waals surface area contributed by atoms with E-state index in [4.69, 9.17) is 13.9 Å². The number of nitrogens with one attached hydrogen (secondary N) is 1. The molecule has 0 radical (unpaired) electrons. The van der Waals surface area contributed by atoms with Crippen LogP contribution in [-0.4, -0.2) is 57.0 Å². The molecule has 0 unspecified atom stereocenters. The van der Waals surface area contributed by atoms with E-state index in [-0.39, 0.29) is 29.2 Å². The number of furan rings is 1. The van der Waals surface area contributed by atoms with Crippen molar-refractivity contribution in [1.29, 1.82) is 0 Å².